The molecule has 0 radical (unpaired) electrons. The standard InChI is InChI=1S/C11H17BrN4O/c1-11(13-2)3-5-16(6-4-11)9-8(12)10(17)15-7-14-9/h7,13H,3-6H2,1-2H3,(H,14,15,17). The number of halogens is 1. The van der Waals surface area contributed by atoms with Crippen LogP contribution in [0.5, 0.6) is 0 Å². The van der Waals surface area contributed by atoms with Crippen molar-refractivity contribution in [2.75, 3.05) is 25.0 Å². The molecule has 17 heavy (non-hydrogen) atoms. The van der Waals surface area contributed by atoms with Crippen LogP contribution in [0.3, 0.4) is 0 Å². The first-order chi connectivity index (χ1) is 8.06. The van der Waals surface area contributed by atoms with Gasteiger partial charge in [0, 0.05) is 18.6 Å². The average molecular weight is 301 g/mol. The minimum absolute atomic E-state index is 0.128. The number of piperidine rings is 1. The minimum Gasteiger partial charge on any atom is -0.355 e. The lowest BCUT2D eigenvalue weighted by Crippen LogP contribution is -2.50. The fraction of sp³-hybridized carbons (Fsp3) is 0.636. The van der Waals surface area contributed by atoms with Crippen LogP contribution in [0.25, 0.3) is 0 Å². The Morgan fingerprint density at radius 3 is 2.76 bits per heavy atom. The number of nitrogens with zero attached hydrogens (tertiary/aromatic N) is 2. The van der Waals surface area contributed by atoms with Crippen LogP contribution >= 0.6 is 15.9 Å². The summed E-state index contributed by atoms with van der Waals surface area (Å²) in [5, 5.41) is 3.35. The first kappa shape index (κ1) is 12.6. The second-order valence-electron chi connectivity index (χ2n) is 4.67. The fourth-order valence-electron chi connectivity index (χ4n) is 2.06. The average Bonchev–Trinajstić information content (AvgIpc) is 2.34. The highest BCUT2D eigenvalue weighted by Gasteiger charge is 2.29. The molecule has 0 aromatic carbocycles. The smallest absolute Gasteiger partial charge is 0.267 e. The Morgan fingerprint density at radius 2 is 2.18 bits per heavy atom. The largest absolute Gasteiger partial charge is 0.355 e. The molecule has 1 aromatic rings. The van der Waals surface area contributed by atoms with E-state index in [-0.39, 0.29) is 11.1 Å². The van der Waals surface area contributed by atoms with Crippen molar-refractivity contribution < 1.29 is 0 Å². The van der Waals surface area contributed by atoms with Crippen LogP contribution in [-0.2, 0) is 0 Å². The molecule has 2 rings (SSSR count). The maximum absolute atomic E-state index is 11.5. The van der Waals surface area contributed by atoms with Crippen LogP contribution in [-0.4, -0.2) is 35.6 Å². The first-order valence-electron chi connectivity index (χ1n) is 5.73. The molecule has 94 valence electrons. The summed E-state index contributed by atoms with van der Waals surface area (Å²) in [7, 11) is 2.00. The van der Waals surface area contributed by atoms with Gasteiger partial charge in [0.05, 0.1) is 6.33 Å². The van der Waals surface area contributed by atoms with E-state index in [1.807, 2.05) is 7.05 Å². The Bertz CT molecular complexity index is 451. The normalized spacial score (nSPS) is 19.4. The summed E-state index contributed by atoms with van der Waals surface area (Å²) in [4.78, 5) is 20.4. The Balaban J connectivity index is 2.16. The van der Waals surface area contributed by atoms with E-state index in [9.17, 15) is 4.79 Å². The highest BCUT2D eigenvalue weighted by atomic mass is 79.9. The number of aromatic nitrogens is 2. The van der Waals surface area contributed by atoms with Gasteiger partial charge in [0.25, 0.3) is 5.56 Å². The Kier molecular flexibility index (Phi) is 3.53. The third-order valence-electron chi connectivity index (χ3n) is 3.55. The van der Waals surface area contributed by atoms with Crippen molar-refractivity contribution in [2.24, 2.45) is 0 Å². The van der Waals surface area contributed by atoms with E-state index >= 15 is 0 Å². The first-order valence-corrected chi connectivity index (χ1v) is 6.52. The molecule has 0 aliphatic carbocycles. The maximum atomic E-state index is 11.5. The van der Waals surface area contributed by atoms with E-state index in [1.54, 1.807) is 0 Å². The second kappa shape index (κ2) is 4.78. The van der Waals surface area contributed by atoms with Gasteiger partial charge in [-0.1, -0.05) is 0 Å². The highest BCUT2D eigenvalue weighted by Crippen LogP contribution is 2.27. The molecular weight excluding hydrogens is 284 g/mol. The number of aromatic amines is 1. The molecule has 1 aliphatic heterocycles. The molecule has 0 unspecified atom stereocenters. The van der Waals surface area contributed by atoms with Crippen molar-refractivity contribution in [2.45, 2.75) is 25.3 Å². The molecule has 1 fully saturated rings. The summed E-state index contributed by atoms with van der Waals surface area (Å²) in [6.07, 6.45) is 3.54. The zero-order chi connectivity index (χ0) is 12.5. The van der Waals surface area contributed by atoms with Crippen molar-refractivity contribution >= 4 is 21.7 Å². The lowest BCUT2D eigenvalue weighted by molar-refractivity contribution is 0.304. The molecule has 1 saturated heterocycles. The van der Waals surface area contributed by atoms with Crippen LogP contribution < -0.4 is 15.8 Å². The lowest BCUT2D eigenvalue weighted by atomic mass is 9.90. The number of hydrogen-bond acceptors (Lipinski definition) is 4. The van der Waals surface area contributed by atoms with Crippen molar-refractivity contribution in [3.05, 3.63) is 21.2 Å². The molecule has 2 N–H and O–H groups in total. The number of nitrogens with one attached hydrogen (secondary N) is 2. The third kappa shape index (κ3) is 2.52. The summed E-state index contributed by atoms with van der Waals surface area (Å²) in [6, 6.07) is 0. The molecule has 0 atom stereocenters. The highest BCUT2D eigenvalue weighted by molar-refractivity contribution is 9.10. The molecule has 0 amide bonds. The lowest BCUT2D eigenvalue weighted by Gasteiger charge is -2.39. The van der Waals surface area contributed by atoms with Crippen LogP contribution in [0.4, 0.5) is 5.82 Å². The molecule has 1 aliphatic rings. The zero-order valence-electron chi connectivity index (χ0n) is 10.1. The van der Waals surface area contributed by atoms with Gasteiger partial charge < -0.3 is 15.2 Å². The van der Waals surface area contributed by atoms with Crippen LogP contribution in [0.1, 0.15) is 19.8 Å². The summed E-state index contributed by atoms with van der Waals surface area (Å²) >= 11 is 3.30. The Hall–Kier alpha value is -0.880. The number of anilines is 1. The van der Waals surface area contributed by atoms with Gasteiger partial charge in [-0.15, -0.1) is 0 Å². The summed E-state index contributed by atoms with van der Waals surface area (Å²) in [5.74, 6) is 0.743. The predicted octanol–water partition coefficient (Wildman–Crippen LogP) is 1.11. The van der Waals surface area contributed by atoms with Gasteiger partial charge >= 0.3 is 0 Å². The van der Waals surface area contributed by atoms with E-state index in [4.69, 9.17) is 0 Å². The summed E-state index contributed by atoms with van der Waals surface area (Å²) < 4.78 is 0.521. The Morgan fingerprint density at radius 1 is 1.53 bits per heavy atom. The van der Waals surface area contributed by atoms with Gasteiger partial charge in [-0.3, -0.25) is 4.79 Å². The number of rotatable bonds is 2. The van der Waals surface area contributed by atoms with E-state index < -0.39 is 0 Å². The van der Waals surface area contributed by atoms with Gasteiger partial charge in [-0.25, -0.2) is 4.98 Å². The molecule has 0 saturated carbocycles. The van der Waals surface area contributed by atoms with E-state index in [0.717, 1.165) is 31.7 Å². The number of H-pyrrole nitrogens is 1. The molecule has 2 heterocycles. The van der Waals surface area contributed by atoms with Gasteiger partial charge in [0.2, 0.25) is 0 Å². The van der Waals surface area contributed by atoms with E-state index in [0.29, 0.717) is 4.47 Å². The van der Waals surface area contributed by atoms with Crippen molar-refractivity contribution in [1.29, 1.82) is 0 Å². The third-order valence-corrected chi connectivity index (χ3v) is 4.26. The summed E-state index contributed by atoms with van der Waals surface area (Å²) in [6.45, 7) is 4.05. The van der Waals surface area contributed by atoms with Crippen LogP contribution in [0.15, 0.2) is 15.6 Å². The van der Waals surface area contributed by atoms with Crippen molar-refractivity contribution in [1.82, 2.24) is 15.3 Å². The fourth-order valence-corrected chi connectivity index (χ4v) is 2.52. The van der Waals surface area contributed by atoms with Gasteiger partial charge in [-0.2, -0.15) is 0 Å². The quantitative estimate of drug-likeness (QED) is 0.859. The van der Waals surface area contributed by atoms with E-state index in [1.165, 1.54) is 6.33 Å². The summed E-state index contributed by atoms with van der Waals surface area (Å²) in [5.41, 5.74) is 0.0708. The molecular formula is C11H17BrN4O. The monoisotopic (exact) mass is 300 g/mol. The molecule has 5 nitrogen and oxygen atoms in total. The minimum atomic E-state index is -0.128. The van der Waals surface area contributed by atoms with Gasteiger partial charge in [0.15, 0.2) is 0 Å². The Labute approximate surface area is 109 Å². The molecule has 1 aromatic heterocycles. The molecule has 6 heteroatoms. The van der Waals surface area contributed by atoms with Crippen LogP contribution in [0, 0.1) is 0 Å². The predicted molar refractivity (Wildman–Crippen MR) is 71.5 cm³/mol. The van der Waals surface area contributed by atoms with Crippen molar-refractivity contribution in [3.63, 3.8) is 0 Å². The van der Waals surface area contributed by atoms with Crippen molar-refractivity contribution in [3.8, 4) is 0 Å². The second-order valence-corrected chi connectivity index (χ2v) is 5.46. The zero-order valence-corrected chi connectivity index (χ0v) is 11.7. The number of hydrogen-bond donors (Lipinski definition) is 2. The van der Waals surface area contributed by atoms with Crippen LogP contribution in [0.2, 0.25) is 0 Å². The molecule has 0 spiro atoms. The van der Waals surface area contributed by atoms with E-state index in [2.05, 4.69) is 43.0 Å². The maximum Gasteiger partial charge on any atom is 0.267 e. The molecule has 0 bridgehead atoms. The SMILES string of the molecule is CNC1(C)CCN(c2nc[nH]c(=O)c2Br)CC1. The van der Waals surface area contributed by atoms with Gasteiger partial charge in [0.1, 0.15) is 10.3 Å². The van der Waals surface area contributed by atoms with Gasteiger partial charge in [-0.05, 0) is 42.7 Å². The topological polar surface area (TPSA) is 61.0 Å².